The predicted molar refractivity (Wildman–Crippen MR) is 68.3 cm³/mol. The first kappa shape index (κ1) is 13.1. The van der Waals surface area contributed by atoms with Crippen LogP contribution >= 0.6 is 11.8 Å². The summed E-state index contributed by atoms with van der Waals surface area (Å²) in [6.45, 7) is 0. The zero-order chi connectivity index (χ0) is 13.8. The Morgan fingerprint density at radius 3 is 2.58 bits per heavy atom. The van der Waals surface area contributed by atoms with E-state index < -0.39 is 4.92 Å². The van der Waals surface area contributed by atoms with Gasteiger partial charge in [-0.3, -0.25) is 10.1 Å². The standard InChI is InChI=1S/C13H7FN2O2S/c14-10-2-1-3-11(7-10)19-12-4-5-13(16(17)18)9(6-12)8-15/h1-7H. The number of hydrogen-bond acceptors (Lipinski definition) is 4. The lowest BCUT2D eigenvalue weighted by molar-refractivity contribution is -0.385. The van der Waals surface area contributed by atoms with E-state index in [4.69, 9.17) is 5.26 Å². The van der Waals surface area contributed by atoms with Crippen molar-refractivity contribution in [2.45, 2.75) is 9.79 Å². The molecule has 2 rings (SSSR count). The van der Waals surface area contributed by atoms with Gasteiger partial charge in [-0.1, -0.05) is 17.8 Å². The van der Waals surface area contributed by atoms with Gasteiger partial charge in [0.05, 0.1) is 4.92 Å². The number of hydrogen-bond donors (Lipinski definition) is 0. The molecule has 0 heterocycles. The summed E-state index contributed by atoms with van der Waals surface area (Å²) in [4.78, 5) is 11.4. The third-order valence-electron chi connectivity index (χ3n) is 2.32. The SMILES string of the molecule is N#Cc1cc(Sc2cccc(F)c2)ccc1[N+](=O)[O-]. The number of benzene rings is 2. The van der Waals surface area contributed by atoms with Gasteiger partial charge in [0.1, 0.15) is 17.4 Å². The summed E-state index contributed by atoms with van der Waals surface area (Å²) in [5.74, 6) is -0.354. The van der Waals surface area contributed by atoms with Gasteiger partial charge in [0.2, 0.25) is 0 Å². The first-order chi connectivity index (χ1) is 9.10. The lowest BCUT2D eigenvalue weighted by Crippen LogP contribution is -1.92. The third-order valence-corrected chi connectivity index (χ3v) is 3.30. The molecule has 0 unspecified atom stereocenters. The molecule has 0 aliphatic rings. The van der Waals surface area contributed by atoms with Crippen LogP contribution in [0.2, 0.25) is 0 Å². The van der Waals surface area contributed by atoms with E-state index in [9.17, 15) is 14.5 Å². The van der Waals surface area contributed by atoms with E-state index in [0.29, 0.717) is 9.79 Å². The van der Waals surface area contributed by atoms with Crippen LogP contribution in [0, 0.1) is 27.3 Å². The molecular weight excluding hydrogens is 267 g/mol. The summed E-state index contributed by atoms with van der Waals surface area (Å²) in [6.07, 6.45) is 0. The van der Waals surface area contributed by atoms with Crippen LogP contribution in [0.3, 0.4) is 0 Å². The van der Waals surface area contributed by atoms with Crippen LogP contribution in [0.1, 0.15) is 5.56 Å². The van der Waals surface area contributed by atoms with Crippen molar-refractivity contribution in [1.29, 1.82) is 5.26 Å². The Bertz CT molecular complexity index is 683. The molecule has 0 amide bonds. The Morgan fingerprint density at radius 2 is 1.95 bits per heavy atom. The smallest absolute Gasteiger partial charge is 0.258 e. The average Bonchev–Trinajstić information content (AvgIpc) is 2.38. The van der Waals surface area contributed by atoms with Gasteiger partial charge in [-0.2, -0.15) is 5.26 Å². The molecule has 6 heteroatoms. The molecule has 0 aliphatic carbocycles. The number of nitrogens with zero attached hydrogens (tertiary/aromatic N) is 2. The van der Waals surface area contributed by atoms with E-state index >= 15 is 0 Å². The molecule has 0 saturated carbocycles. The van der Waals surface area contributed by atoms with Crippen molar-refractivity contribution in [3.8, 4) is 6.07 Å². The van der Waals surface area contributed by atoms with Crippen molar-refractivity contribution in [2.24, 2.45) is 0 Å². The molecule has 4 nitrogen and oxygen atoms in total. The van der Waals surface area contributed by atoms with Gasteiger partial charge in [0.15, 0.2) is 0 Å². The minimum absolute atomic E-state index is 0.00796. The van der Waals surface area contributed by atoms with Crippen molar-refractivity contribution in [3.63, 3.8) is 0 Å². The maximum atomic E-state index is 13.0. The fourth-order valence-corrected chi connectivity index (χ4v) is 2.40. The second kappa shape index (κ2) is 5.50. The highest BCUT2D eigenvalue weighted by Crippen LogP contribution is 2.31. The van der Waals surface area contributed by atoms with E-state index in [1.54, 1.807) is 18.2 Å². The Labute approximate surface area is 112 Å². The van der Waals surface area contributed by atoms with Gasteiger partial charge >= 0.3 is 0 Å². The fraction of sp³-hybridized carbons (Fsp3) is 0. The second-order valence-electron chi connectivity index (χ2n) is 3.61. The Balaban J connectivity index is 2.32. The van der Waals surface area contributed by atoms with Crippen LogP contribution in [0.5, 0.6) is 0 Å². The van der Waals surface area contributed by atoms with Gasteiger partial charge in [-0.05, 0) is 30.3 Å². The third kappa shape index (κ3) is 3.09. The molecule has 0 fully saturated rings. The molecule has 0 aromatic heterocycles. The number of nitro groups is 1. The summed E-state index contributed by atoms with van der Waals surface area (Å²) in [7, 11) is 0. The zero-order valence-corrected chi connectivity index (χ0v) is 10.4. The molecule has 2 aromatic carbocycles. The molecule has 94 valence electrons. The molecule has 0 spiro atoms. The van der Waals surface area contributed by atoms with Crippen LogP contribution in [0.25, 0.3) is 0 Å². The summed E-state index contributed by atoms with van der Waals surface area (Å²) in [6, 6.07) is 12.0. The van der Waals surface area contributed by atoms with Gasteiger partial charge in [-0.25, -0.2) is 4.39 Å². The zero-order valence-electron chi connectivity index (χ0n) is 9.54. The molecule has 19 heavy (non-hydrogen) atoms. The number of nitriles is 1. The van der Waals surface area contributed by atoms with E-state index in [2.05, 4.69) is 0 Å². The fourth-order valence-electron chi connectivity index (χ4n) is 1.49. The molecule has 2 aromatic rings. The van der Waals surface area contributed by atoms with Crippen molar-refractivity contribution >= 4 is 17.4 Å². The Morgan fingerprint density at radius 1 is 1.21 bits per heavy atom. The molecule has 0 saturated heterocycles. The summed E-state index contributed by atoms with van der Waals surface area (Å²) < 4.78 is 13.0. The summed E-state index contributed by atoms with van der Waals surface area (Å²) in [5, 5.41) is 19.6. The second-order valence-corrected chi connectivity index (χ2v) is 4.75. The molecular formula is C13H7FN2O2S. The minimum atomic E-state index is -0.602. The molecule has 0 N–H and O–H groups in total. The maximum absolute atomic E-state index is 13.0. The van der Waals surface area contributed by atoms with E-state index in [1.165, 1.54) is 42.1 Å². The van der Waals surface area contributed by atoms with Gasteiger partial charge < -0.3 is 0 Å². The van der Waals surface area contributed by atoms with Crippen LogP contribution in [0.15, 0.2) is 52.3 Å². The van der Waals surface area contributed by atoms with E-state index in [0.717, 1.165) is 0 Å². The minimum Gasteiger partial charge on any atom is -0.258 e. The highest BCUT2D eigenvalue weighted by atomic mass is 32.2. The molecule has 0 aliphatic heterocycles. The van der Waals surface area contributed by atoms with Crippen molar-refractivity contribution < 1.29 is 9.31 Å². The first-order valence-electron chi connectivity index (χ1n) is 5.22. The summed E-state index contributed by atoms with van der Waals surface area (Å²) in [5.41, 5.74) is -0.238. The first-order valence-corrected chi connectivity index (χ1v) is 6.04. The van der Waals surface area contributed by atoms with E-state index in [-0.39, 0.29) is 17.1 Å². The average molecular weight is 274 g/mol. The van der Waals surface area contributed by atoms with Crippen LogP contribution < -0.4 is 0 Å². The van der Waals surface area contributed by atoms with Gasteiger partial charge in [-0.15, -0.1) is 0 Å². The van der Waals surface area contributed by atoms with Gasteiger partial charge in [0, 0.05) is 15.9 Å². The van der Waals surface area contributed by atoms with Crippen molar-refractivity contribution in [1.82, 2.24) is 0 Å². The quantitative estimate of drug-likeness (QED) is 0.631. The van der Waals surface area contributed by atoms with Crippen molar-refractivity contribution in [2.75, 3.05) is 0 Å². The molecule has 0 bridgehead atoms. The van der Waals surface area contributed by atoms with Crippen molar-refractivity contribution in [3.05, 3.63) is 64.0 Å². The van der Waals surface area contributed by atoms with Gasteiger partial charge in [0.25, 0.3) is 5.69 Å². The monoisotopic (exact) mass is 274 g/mol. The molecule has 0 atom stereocenters. The van der Waals surface area contributed by atoms with Crippen LogP contribution in [-0.2, 0) is 0 Å². The highest BCUT2D eigenvalue weighted by Gasteiger charge is 2.14. The van der Waals surface area contributed by atoms with E-state index in [1.807, 2.05) is 0 Å². The summed E-state index contributed by atoms with van der Waals surface area (Å²) >= 11 is 1.24. The Hall–Kier alpha value is -2.39. The maximum Gasteiger partial charge on any atom is 0.287 e. The normalized spacial score (nSPS) is 9.89. The number of halogens is 1. The molecule has 0 radical (unpaired) electrons. The predicted octanol–water partition coefficient (Wildman–Crippen LogP) is 3.76. The Kier molecular flexibility index (Phi) is 3.78. The topological polar surface area (TPSA) is 66.9 Å². The lowest BCUT2D eigenvalue weighted by atomic mass is 10.2. The highest BCUT2D eigenvalue weighted by molar-refractivity contribution is 7.99. The lowest BCUT2D eigenvalue weighted by Gasteiger charge is -2.02. The number of nitro benzene ring substituents is 1. The number of rotatable bonds is 3. The largest absolute Gasteiger partial charge is 0.287 e. The van der Waals surface area contributed by atoms with Crippen LogP contribution in [0.4, 0.5) is 10.1 Å². The van der Waals surface area contributed by atoms with Crippen LogP contribution in [-0.4, -0.2) is 4.92 Å².